The summed E-state index contributed by atoms with van der Waals surface area (Å²) in [7, 11) is 0. The zero-order valence-corrected chi connectivity index (χ0v) is 28.8. The molecule has 6 heteroatoms. The molecular weight excluding hydrogens is 665 g/mol. The molecule has 0 saturated carbocycles. The molecule has 11 aromatic rings. The van der Waals surface area contributed by atoms with Crippen LogP contribution in [0.2, 0.25) is 0 Å². The van der Waals surface area contributed by atoms with Crippen LogP contribution in [-0.2, 0) is 0 Å². The SMILES string of the molecule is c1ccc(-c2nc(-c3ccc4oc5ccccc5c4c3)nc(-c3cccc4oc5c(-c6ccc(-c7cccc8ncccc78)cc6)cccc5c34)n2)cc1. The van der Waals surface area contributed by atoms with E-state index in [1.807, 2.05) is 91.1 Å². The van der Waals surface area contributed by atoms with Crippen LogP contribution in [-0.4, -0.2) is 19.9 Å². The second-order valence-electron chi connectivity index (χ2n) is 13.4. The van der Waals surface area contributed by atoms with Gasteiger partial charge >= 0.3 is 0 Å². The van der Waals surface area contributed by atoms with Gasteiger partial charge in [0.15, 0.2) is 17.5 Å². The van der Waals surface area contributed by atoms with E-state index in [1.165, 1.54) is 0 Å². The molecule has 0 bridgehead atoms. The van der Waals surface area contributed by atoms with Crippen molar-refractivity contribution in [3.05, 3.63) is 170 Å². The van der Waals surface area contributed by atoms with Gasteiger partial charge in [-0.15, -0.1) is 0 Å². The Balaban J connectivity index is 1.06. The summed E-state index contributed by atoms with van der Waals surface area (Å²) in [5.74, 6) is 1.75. The van der Waals surface area contributed by atoms with Crippen molar-refractivity contribution in [3.63, 3.8) is 0 Å². The molecule has 0 unspecified atom stereocenters. The summed E-state index contributed by atoms with van der Waals surface area (Å²) in [5, 5.41) is 5.16. The fraction of sp³-hybridized carbons (Fsp3) is 0. The largest absolute Gasteiger partial charge is 0.456 e. The van der Waals surface area contributed by atoms with E-state index in [0.29, 0.717) is 17.5 Å². The third-order valence-corrected chi connectivity index (χ3v) is 10.2. The van der Waals surface area contributed by atoms with Crippen LogP contribution in [0.5, 0.6) is 0 Å². The smallest absolute Gasteiger partial charge is 0.164 e. The Morgan fingerprint density at radius 2 is 0.981 bits per heavy atom. The van der Waals surface area contributed by atoms with Gasteiger partial charge in [0, 0.05) is 55.4 Å². The first-order valence-corrected chi connectivity index (χ1v) is 17.9. The Morgan fingerprint density at radius 3 is 1.87 bits per heavy atom. The highest BCUT2D eigenvalue weighted by Crippen LogP contribution is 2.41. The lowest BCUT2D eigenvalue weighted by Crippen LogP contribution is -2.00. The van der Waals surface area contributed by atoms with E-state index in [9.17, 15) is 0 Å². The van der Waals surface area contributed by atoms with E-state index >= 15 is 0 Å². The number of rotatable bonds is 5. The number of fused-ring (bicyclic) bond motifs is 7. The molecule has 54 heavy (non-hydrogen) atoms. The summed E-state index contributed by atoms with van der Waals surface area (Å²) in [6.45, 7) is 0. The lowest BCUT2D eigenvalue weighted by atomic mass is 9.96. The molecule has 0 aliphatic rings. The Labute approximate surface area is 309 Å². The third-order valence-electron chi connectivity index (χ3n) is 10.2. The molecule has 4 heterocycles. The molecule has 0 radical (unpaired) electrons. The second kappa shape index (κ2) is 12.1. The predicted molar refractivity (Wildman–Crippen MR) is 217 cm³/mol. The average molecular weight is 693 g/mol. The quantitative estimate of drug-likeness (QED) is 0.179. The molecule has 0 amide bonds. The van der Waals surface area contributed by atoms with Crippen molar-refractivity contribution >= 4 is 54.8 Å². The molecule has 7 aromatic carbocycles. The summed E-state index contributed by atoms with van der Waals surface area (Å²) in [5.41, 5.74) is 11.3. The van der Waals surface area contributed by atoms with Crippen LogP contribution >= 0.6 is 0 Å². The van der Waals surface area contributed by atoms with Gasteiger partial charge in [0.05, 0.1) is 5.52 Å². The van der Waals surface area contributed by atoms with Crippen LogP contribution in [0, 0.1) is 0 Å². The predicted octanol–water partition coefficient (Wildman–Crippen LogP) is 12.6. The van der Waals surface area contributed by atoms with Gasteiger partial charge in [-0.3, -0.25) is 4.98 Å². The monoisotopic (exact) mass is 692 g/mol. The van der Waals surface area contributed by atoms with Gasteiger partial charge in [-0.2, -0.15) is 0 Å². The zero-order valence-electron chi connectivity index (χ0n) is 28.8. The number of hydrogen-bond acceptors (Lipinski definition) is 6. The number of aromatic nitrogens is 4. The van der Waals surface area contributed by atoms with E-state index < -0.39 is 0 Å². The Kier molecular flexibility index (Phi) is 6.75. The van der Waals surface area contributed by atoms with E-state index in [0.717, 1.165) is 93.7 Å². The molecule has 0 N–H and O–H groups in total. The van der Waals surface area contributed by atoms with E-state index in [4.69, 9.17) is 23.8 Å². The van der Waals surface area contributed by atoms with Crippen molar-refractivity contribution in [2.24, 2.45) is 0 Å². The minimum Gasteiger partial charge on any atom is -0.456 e. The van der Waals surface area contributed by atoms with Crippen molar-refractivity contribution in [1.29, 1.82) is 0 Å². The molecule has 6 nitrogen and oxygen atoms in total. The molecule has 0 fully saturated rings. The standard InChI is InChI=1S/C48H28N4O2/c1-2-10-31(11-3-1)46-50-47(32-25-26-42-39(28-32)36-12-4-5-19-41(36)53-42)52-48(51-46)38-16-8-20-43-44(38)37-15-6-14-34(45(37)54-43)30-23-21-29(22-24-30)33-13-7-18-40-35(33)17-9-27-49-40/h1-28H. The minimum atomic E-state index is 0.573. The number of pyridine rings is 1. The zero-order chi connectivity index (χ0) is 35.6. The maximum absolute atomic E-state index is 6.69. The number of benzene rings is 7. The number of nitrogens with zero attached hydrogens (tertiary/aromatic N) is 4. The maximum Gasteiger partial charge on any atom is 0.164 e. The highest BCUT2D eigenvalue weighted by molar-refractivity contribution is 6.15. The second-order valence-corrected chi connectivity index (χ2v) is 13.4. The molecule has 0 aliphatic heterocycles. The van der Waals surface area contributed by atoms with Gasteiger partial charge in [-0.05, 0) is 59.2 Å². The number of furan rings is 2. The number of hydrogen-bond donors (Lipinski definition) is 0. The van der Waals surface area contributed by atoms with Gasteiger partial charge < -0.3 is 8.83 Å². The summed E-state index contributed by atoms with van der Waals surface area (Å²) in [6.07, 6.45) is 1.83. The van der Waals surface area contributed by atoms with Crippen molar-refractivity contribution in [2.45, 2.75) is 0 Å². The fourth-order valence-electron chi connectivity index (χ4n) is 7.65. The highest BCUT2D eigenvalue weighted by atomic mass is 16.3. The summed E-state index contributed by atoms with van der Waals surface area (Å²) < 4.78 is 12.8. The normalized spacial score (nSPS) is 11.7. The van der Waals surface area contributed by atoms with Gasteiger partial charge in [0.2, 0.25) is 0 Å². The van der Waals surface area contributed by atoms with Gasteiger partial charge in [-0.1, -0.05) is 121 Å². The first-order chi connectivity index (χ1) is 26.7. The fourth-order valence-corrected chi connectivity index (χ4v) is 7.65. The average Bonchev–Trinajstić information content (AvgIpc) is 3.82. The molecule has 252 valence electrons. The Hall–Kier alpha value is -7.44. The van der Waals surface area contributed by atoms with Crippen LogP contribution in [0.25, 0.3) is 111 Å². The Morgan fingerprint density at radius 1 is 0.352 bits per heavy atom. The van der Waals surface area contributed by atoms with Crippen molar-refractivity contribution in [3.8, 4) is 56.4 Å². The maximum atomic E-state index is 6.69. The minimum absolute atomic E-state index is 0.573. The van der Waals surface area contributed by atoms with Crippen LogP contribution in [0.1, 0.15) is 0 Å². The Bertz CT molecular complexity index is 3210. The number of para-hydroxylation sites is 2. The topological polar surface area (TPSA) is 77.8 Å². The van der Waals surface area contributed by atoms with E-state index in [2.05, 4.69) is 83.8 Å². The van der Waals surface area contributed by atoms with Crippen LogP contribution in [0.3, 0.4) is 0 Å². The van der Waals surface area contributed by atoms with Crippen LogP contribution < -0.4 is 0 Å². The van der Waals surface area contributed by atoms with Gasteiger partial charge in [-0.25, -0.2) is 15.0 Å². The van der Waals surface area contributed by atoms with E-state index in [-0.39, 0.29) is 0 Å². The van der Waals surface area contributed by atoms with Crippen LogP contribution in [0.15, 0.2) is 179 Å². The molecule has 0 atom stereocenters. The first kappa shape index (κ1) is 30.2. The molecule has 0 saturated heterocycles. The third kappa shape index (κ3) is 4.89. The van der Waals surface area contributed by atoms with Gasteiger partial charge in [0.1, 0.15) is 22.3 Å². The molecular formula is C48H28N4O2. The molecule has 0 aliphatic carbocycles. The van der Waals surface area contributed by atoms with Crippen molar-refractivity contribution in [2.75, 3.05) is 0 Å². The lowest BCUT2D eigenvalue weighted by molar-refractivity contribution is 0.669. The first-order valence-electron chi connectivity index (χ1n) is 17.9. The molecule has 0 spiro atoms. The van der Waals surface area contributed by atoms with E-state index in [1.54, 1.807) is 0 Å². The summed E-state index contributed by atoms with van der Waals surface area (Å²) >= 11 is 0. The van der Waals surface area contributed by atoms with Crippen molar-refractivity contribution in [1.82, 2.24) is 19.9 Å². The van der Waals surface area contributed by atoms with Crippen molar-refractivity contribution < 1.29 is 8.83 Å². The summed E-state index contributed by atoms with van der Waals surface area (Å²) in [4.78, 5) is 19.8. The lowest BCUT2D eigenvalue weighted by Gasteiger charge is -2.09. The summed E-state index contributed by atoms with van der Waals surface area (Å²) in [6, 6.07) is 55.7. The van der Waals surface area contributed by atoms with Crippen LogP contribution in [0.4, 0.5) is 0 Å². The molecule has 4 aromatic heterocycles. The highest BCUT2D eigenvalue weighted by Gasteiger charge is 2.20. The van der Waals surface area contributed by atoms with Gasteiger partial charge in [0.25, 0.3) is 0 Å². The molecule has 11 rings (SSSR count).